The minimum atomic E-state index is -0.473. The van der Waals surface area contributed by atoms with Crippen molar-refractivity contribution in [1.29, 1.82) is 0 Å². The lowest BCUT2D eigenvalue weighted by molar-refractivity contribution is -0.0240. The molecule has 1 N–H and O–H groups in total. The first-order chi connectivity index (χ1) is 14.3. The largest absolute Gasteiger partial charge is 0.507 e. The average Bonchev–Trinajstić information content (AvgIpc) is 3.20. The lowest BCUT2D eigenvalue weighted by atomic mass is 9.95. The third kappa shape index (κ3) is 2.97. The van der Waals surface area contributed by atoms with E-state index in [0.717, 1.165) is 34.0 Å². The number of benzene rings is 2. The highest BCUT2D eigenvalue weighted by Gasteiger charge is 2.42. The van der Waals surface area contributed by atoms with Gasteiger partial charge in [-0.1, -0.05) is 30.3 Å². The normalized spacial score (nSPS) is 19.8. The van der Waals surface area contributed by atoms with Crippen molar-refractivity contribution in [2.75, 3.05) is 6.61 Å². The Morgan fingerprint density at radius 2 is 1.97 bits per heavy atom. The van der Waals surface area contributed by atoms with E-state index in [1.807, 2.05) is 66.5 Å². The highest BCUT2D eigenvalue weighted by atomic mass is 16.5. The van der Waals surface area contributed by atoms with E-state index < -0.39 is 6.23 Å². The number of hydrogen-bond acceptors (Lipinski definition) is 6. The minimum Gasteiger partial charge on any atom is -0.507 e. The van der Waals surface area contributed by atoms with E-state index in [1.165, 1.54) is 0 Å². The number of aromatic nitrogens is 1. The van der Waals surface area contributed by atoms with Crippen molar-refractivity contribution in [2.45, 2.75) is 25.6 Å². The number of phenols is 1. The summed E-state index contributed by atoms with van der Waals surface area (Å²) in [6.45, 7) is 2.52. The molecule has 0 aliphatic carbocycles. The van der Waals surface area contributed by atoms with Gasteiger partial charge < -0.3 is 14.6 Å². The maximum atomic E-state index is 10.3. The fraction of sp³-hybridized carbons (Fsp3) is 0.217. The molecule has 146 valence electrons. The van der Waals surface area contributed by atoms with Crippen LogP contribution in [0.2, 0.25) is 0 Å². The van der Waals surface area contributed by atoms with Crippen molar-refractivity contribution in [3.05, 3.63) is 83.7 Å². The smallest absolute Gasteiger partial charge is 0.230 e. The monoisotopic (exact) mass is 387 g/mol. The molecule has 1 aromatic heterocycles. The molecule has 3 heterocycles. The summed E-state index contributed by atoms with van der Waals surface area (Å²) < 4.78 is 12.2. The molecule has 2 aromatic carbocycles. The average molecular weight is 387 g/mol. The van der Waals surface area contributed by atoms with Crippen LogP contribution in [-0.4, -0.2) is 27.4 Å². The molecule has 2 aliphatic rings. The predicted octanol–water partition coefficient (Wildman–Crippen LogP) is 4.43. The molecule has 0 saturated heterocycles. The summed E-state index contributed by atoms with van der Waals surface area (Å²) in [4.78, 5) is 4.50. The summed E-state index contributed by atoms with van der Waals surface area (Å²) >= 11 is 0. The maximum absolute atomic E-state index is 10.3. The van der Waals surface area contributed by atoms with Gasteiger partial charge in [0.1, 0.15) is 11.4 Å². The van der Waals surface area contributed by atoms with Crippen LogP contribution in [-0.2, 0) is 0 Å². The van der Waals surface area contributed by atoms with Gasteiger partial charge in [0.05, 0.1) is 18.4 Å². The van der Waals surface area contributed by atoms with Gasteiger partial charge in [-0.15, -0.1) is 0 Å². The lowest BCUT2D eigenvalue weighted by Gasteiger charge is -2.38. The van der Waals surface area contributed by atoms with Crippen molar-refractivity contribution in [3.63, 3.8) is 0 Å². The molecule has 3 aromatic rings. The van der Waals surface area contributed by atoms with E-state index in [2.05, 4.69) is 4.98 Å². The number of aromatic hydroxyl groups is 1. The summed E-state index contributed by atoms with van der Waals surface area (Å²) in [5, 5.41) is 17.1. The molecule has 6 heteroatoms. The molecule has 0 unspecified atom stereocenters. The summed E-state index contributed by atoms with van der Waals surface area (Å²) in [5.74, 6) is 1.69. The summed E-state index contributed by atoms with van der Waals surface area (Å²) in [5.41, 5.74) is 3.37. The Bertz CT molecular complexity index is 1070. The van der Waals surface area contributed by atoms with E-state index in [-0.39, 0.29) is 11.8 Å². The fourth-order valence-corrected chi connectivity index (χ4v) is 3.95. The van der Waals surface area contributed by atoms with Crippen molar-refractivity contribution < 1.29 is 14.6 Å². The van der Waals surface area contributed by atoms with Crippen LogP contribution < -0.4 is 9.47 Å². The fourth-order valence-electron chi connectivity index (χ4n) is 3.95. The maximum Gasteiger partial charge on any atom is 0.230 e. The summed E-state index contributed by atoms with van der Waals surface area (Å²) in [7, 11) is 0. The molecular formula is C23H21N3O3. The van der Waals surface area contributed by atoms with Crippen molar-refractivity contribution >= 4 is 5.71 Å². The van der Waals surface area contributed by atoms with E-state index in [0.29, 0.717) is 13.0 Å². The van der Waals surface area contributed by atoms with Gasteiger partial charge in [-0.3, -0.25) is 4.98 Å². The predicted molar refractivity (Wildman–Crippen MR) is 109 cm³/mol. The van der Waals surface area contributed by atoms with E-state index >= 15 is 0 Å². The Morgan fingerprint density at radius 1 is 1.10 bits per heavy atom. The zero-order valence-electron chi connectivity index (χ0n) is 16.0. The summed E-state index contributed by atoms with van der Waals surface area (Å²) in [6, 6.07) is 19.0. The number of rotatable bonds is 4. The molecule has 0 amide bonds. The highest BCUT2D eigenvalue weighted by Crippen LogP contribution is 2.50. The van der Waals surface area contributed by atoms with Crippen LogP contribution in [0.1, 0.15) is 42.4 Å². The second-order valence-electron chi connectivity index (χ2n) is 7.00. The molecule has 0 fully saturated rings. The number of ether oxygens (including phenoxy) is 2. The highest BCUT2D eigenvalue weighted by molar-refractivity contribution is 6.04. The Kier molecular flexibility index (Phi) is 4.31. The zero-order valence-corrected chi connectivity index (χ0v) is 16.0. The van der Waals surface area contributed by atoms with Crippen LogP contribution in [0.5, 0.6) is 17.2 Å². The first-order valence-electron chi connectivity index (χ1n) is 9.73. The van der Waals surface area contributed by atoms with Crippen LogP contribution in [0, 0.1) is 0 Å². The number of hydrogen-bond donors (Lipinski definition) is 1. The van der Waals surface area contributed by atoms with Crippen LogP contribution in [0.4, 0.5) is 0 Å². The lowest BCUT2D eigenvalue weighted by Crippen LogP contribution is -2.34. The number of nitrogens with zero attached hydrogens (tertiary/aromatic N) is 3. The SMILES string of the molecule is CCOc1cccc2c1O[C@@H](c1ccccn1)N1N=C(c3ccccc3O)C[C@H]21. The van der Waals surface area contributed by atoms with Gasteiger partial charge in [0, 0.05) is 23.7 Å². The molecule has 29 heavy (non-hydrogen) atoms. The Balaban J connectivity index is 1.63. The number of para-hydroxylation sites is 2. The first-order valence-corrected chi connectivity index (χ1v) is 9.73. The van der Waals surface area contributed by atoms with Gasteiger partial charge in [-0.25, -0.2) is 5.01 Å². The number of pyridine rings is 1. The number of hydrazone groups is 1. The van der Waals surface area contributed by atoms with Crippen molar-refractivity contribution in [1.82, 2.24) is 9.99 Å². The van der Waals surface area contributed by atoms with Crippen molar-refractivity contribution in [3.8, 4) is 17.2 Å². The van der Waals surface area contributed by atoms with E-state index in [4.69, 9.17) is 14.6 Å². The second kappa shape index (κ2) is 7.13. The molecular weight excluding hydrogens is 366 g/mol. The molecule has 6 nitrogen and oxygen atoms in total. The zero-order chi connectivity index (χ0) is 19.8. The molecule has 0 spiro atoms. The van der Waals surface area contributed by atoms with Crippen LogP contribution >= 0.6 is 0 Å². The molecule has 5 rings (SSSR count). The van der Waals surface area contributed by atoms with Gasteiger partial charge in [0.25, 0.3) is 0 Å². The van der Waals surface area contributed by atoms with Gasteiger partial charge in [-0.05, 0) is 37.3 Å². The van der Waals surface area contributed by atoms with Gasteiger partial charge >= 0.3 is 0 Å². The first kappa shape index (κ1) is 17.6. The topological polar surface area (TPSA) is 67.2 Å². The third-order valence-corrected chi connectivity index (χ3v) is 5.24. The molecule has 0 saturated carbocycles. The Hall–Kier alpha value is -3.54. The molecule has 0 bridgehead atoms. The number of fused-ring (bicyclic) bond motifs is 3. The second-order valence-corrected chi connectivity index (χ2v) is 7.00. The van der Waals surface area contributed by atoms with Gasteiger partial charge in [0.15, 0.2) is 11.5 Å². The van der Waals surface area contributed by atoms with Crippen LogP contribution in [0.3, 0.4) is 0 Å². The minimum absolute atomic E-state index is 0.0271. The van der Waals surface area contributed by atoms with Gasteiger partial charge in [0.2, 0.25) is 6.23 Å². The molecule has 2 atom stereocenters. The molecule has 2 aliphatic heterocycles. The number of phenolic OH excluding ortho intramolecular Hbond substituents is 1. The quantitative estimate of drug-likeness (QED) is 0.717. The van der Waals surface area contributed by atoms with E-state index in [9.17, 15) is 5.11 Å². The molecule has 0 radical (unpaired) electrons. The van der Waals surface area contributed by atoms with Crippen molar-refractivity contribution in [2.24, 2.45) is 5.10 Å². The standard InChI is InChI=1S/C23H21N3O3/c1-2-28-21-12-7-9-16-19-14-18(15-8-3-4-11-20(15)27)25-26(19)23(29-22(16)21)17-10-5-6-13-24-17/h3-13,19,23,27H,2,14H2,1H3/t19-,23+/m1/s1. The van der Waals surface area contributed by atoms with Gasteiger partial charge in [-0.2, -0.15) is 5.10 Å². The van der Waals surface area contributed by atoms with Crippen LogP contribution in [0.15, 0.2) is 72.0 Å². The van der Waals surface area contributed by atoms with Crippen LogP contribution in [0.25, 0.3) is 0 Å². The Labute approximate surface area is 169 Å². The van der Waals surface area contributed by atoms with E-state index in [1.54, 1.807) is 12.3 Å². The summed E-state index contributed by atoms with van der Waals surface area (Å²) in [6.07, 6.45) is 1.94. The Morgan fingerprint density at radius 3 is 2.76 bits per heavy atom. The third-order valence-electron chi connectivity index (χ3n) is 5.24.